The number of hydrogen-bond acceptors (Lipinski definition) is 4. The Morgan fingerprint density at radius 1 is 1.26 bits per heavy atom. The van der Waals surface area contributed by atoms with Crippen molar-refractivity contribution in [2.75, 3.05) is 5.32 Å². The molecule has 0 bridgehead atoms. The zero-order valence-electron chi connectivity index (χ0n) is 16.3. The van der Waals surface area contributed by atoms with Crippen molar-refractivity contribution in [2.24, 2.45) is 11.8 Å². The van der Waals surface area contributed by atoms with Crippen LogP contribution in [0, 0.1) is 11.8 Å². The molecule has 0 aliphatic heterocycles. The minimum absolute atomic E-state index is 0.135. The van der Waals surface area contributed by atoms with E-state index in [1.54, 1.807) is 0 Å². The number of H-pyrrole nitrogens is 1. The SMILES string of the molecule is CC(C)Cc1nc(NC(=O)[C@H](C)c2ccc(C[C@@H]3CCCC3=O)cc2)n[nH]1. The molecule has 6 heteroatoms. The summed E-state index contributed by atoms with van der Waals surface area (Å²) in [6, 6.07) is 8.00. The van der Waals surface area contributed by atoms with Gasteiger partial charge in [0, 0.05) is 18.8 Å². The summed E-state index contributed by atoms with van der Waals surface area (Å²) in [6.07, 6.45) is 4.33. The molecule has 1 amide bonds. The molecule has 3 rings (SSSR count). The fourth-order valence-electron chi connectivity index (χ4n) is 3.53. The van der Waals surface area contributed by atoms with E-state index in [1.165, 1.54) is 0 Å². The Morgan fingerprint density at radius 3 is 2.63 bits per heavy atom. The highest BCUT2D eigenvalue weighted by Gasteiger charge is 2.24. The topological polar surface area (TPSA) is 87.7 Å². The highest BCUT2D eigenvalue weighted by Crippen LogP contribution is 2.26. The summed E-state index contributed by atoms with van der Waals surface area (Å²) in [5, 5.41) is 9.70. The van der Waals surface area contributed by atoms with Crippen molar-refractivity contribution in [1.82, 2.24) is 15.2 Å². The van der Waals surface area contributed by atoms with Crippen molar-refractivity contribution >= 4 is 17.6 Å². The summed E-state index contributed by atoms with van der Waals surface area (Å²) < 4.78 is 0. The Kier molecular flexibility index (Phi) is 6.04. The number of amides is 1. The average molecular weight is 368 g/mol. The third-order valence-corrected chi connectivity index (χ3v) is 5.15. The number of carbonyl (C=O) groups excluding carboxylic acids is 2. The molecule has 0 radical (unpaired) electrons. The second-order valence-electron chi connectivity index (χ2n) is 7.92. The van der Waals surface area contributed by atoms with Gasteiger partial charge in [0.05, 0.1) is 5.92 Å². The molecule has 1 saturated carbocycles. The minimum atomic E-state index is -0.306. The number of benzene rings is 1. The normalized spacial score (nSPS) is 18.1. The Bertz CT molecular complexity index is 795. The first-order chi connectivity index (χ1) is 12.9. The number of anilines is 1. The Hall–Kier alpha value is -2.50. The highest BCUT2D eigenvalue weighted by atomic mass is 16.2. The third-order valence-electron chi connectivity index (χ3n) is 5.15. The fourth-order valence-corrected chi connectivity index (χ4v) is 3.53. The van der Waals surface area contributed by atoms with Gasteiger partial charge in [-0.2, -0.15) is 4.98 Å². The Balaban J connectivity index is 1.57. The molecule has 1 aliphatic rings. The Morgan fingerprint density at radius 2 is 2.00 bits per heavy atom. The number of hydrogen-bond donors (Lipinski definition) is 2. The largest absolute Gasteiger partial charge is 0.299 e. The smallest absolute Gasteiger partial charge is 0.248 e. The number of aromatic amines is 1. The van der Waals surface area contributed by atoms with Crippen LogP contribution in [0.5, 0.6) is 0 Å². The molecule has 1 aromatic carbocycles. The fraction of sp³-hybridized carbons (Fsp3) is 0.524. The van der Waals surface area contributed by atoms with Crippen molar-refractivity contribution in [1.29, 1.82) is 0 Å². The predicted molar refractivity (Wildman–Crippen MR) is 104 cm³/mol. The molecule has 6 nitrogen and oxygen atoms in total. The first kappa shape index (κ1) is 19.3. The maximum absolute atomic E-state index is 12.5. The van der Waals surface area contributed by atoms with Crippen LogP contribution in [0.3, 0.4) is 0 Å². The van der Waals surface area contributed by atoms with Gasteiger partial charge in [0.1, 0.15) is 11.6 Å². The number of carbonyl (C=O) groups is 2. The monoisotopic (exact) mass is 368 g/mol. The van der Waals surface area contributed by atoms with Gasteiger partial charge in [-0.15, -0.1) is 5.10 Å². The number of aromatic nitrogens is 3. The van der Waals surface area contributed by atoms with Gasteiger partial charge in [0.2, 0.25) is 11.9 Å². The summed E-state index contributed by atoms with van der Waals surface area (Å²) in [5.74, 6) is 1.68. The predicted octanol–water partition coefficient (Wildman–Crippen LogP) is 3.66. The van der Waals surface area contributed by atoms with Crippen LogP contribution in [0.1, 0.15) is 62.9 Å². The second kappa shape index (κ2) is 8.46. The van der Waals surface area contributed by atoms with Gasteiger partial charge in [-0.1, -0.05) is 38.1 Å². The maximum Gasteiger partial charge on any atom is 0.248 e. The molecule has 27 heavy (non-hydrogen) atoms. The molecule has 0 unspecified atom stereocenters. The van der Waals surface area contributed by atoms with E-state index >= 15 is 0 Å². The van der Waals surface area contributed by atoms with Crippen LogP contribution in [0.2, 0.25) is 0 Å². The Labute approximate surface area is 160 Å². The van der Waals surface area contributed by atoms with E-state index in [1.807, 2.05) is 31.2 Å². The van der Waals surface area contributed by atoms with Gasteiger partial charge < -0.3 is 0 Å². The van der Waals surface area contributed by atoms with Gasteiger partial charge in [0.25, 0.3) is 0 Å². The van der Waals surface area contributed by atoms with Gasteiger partial charge >= 0.3 is 0 Å². The molecular formula is C21H28N4O2. The van der Waals surface area contributed by atoms with Crippen LogP contribution in [0.25, 0.3) is 0 Å². The molecule has 1 aromatic heterocycles. The van der Waals surface area contributed by atoms with Crippen LogP contribution in [0.4, 0.5) is 5.95 Å². The van der Waals surface area contributed by atoms with Crippen molar-refractivity contribution in [3.05, 3.63) is 41.2 Å². The average Bonchev–Trinajstić information content (AvgIpc) is 3.23. The van der Waals surface area contributed by atoms with Crippen molar-refractivity contribution < 1.29 is 9.59 Å². The number of Topliss-reactive ketones (excluding diaryl/α,β-unsaturated/α-hetero) is 1. The molecule has 2 aromatic rings. The van der Waals surface area contributed by atoms with Crippen molar-refractivity contribution in [3.63, 3.8) is 0 Å². The first-order valence-corrected chi connectivity index (χ1v) is 9.76. The first-order valence-electron chi connectivity index (χ1n) is 9.76. The number of nitrogens with zero attached hydrogens (tertiary/aromatic N) is 2. The maximum atomic E-state index is 12.5. The van der Waals surface area contributed by atoms with Crippen LogP contribution < -0.4 is 5.32 Å². The van der Waals surface area contributed by atoms with E-state index in [2.05, 4.69) is 34.3 Å². The number of rotatable bonds is 7. The van der Waals surface area contributed by atoms with E-state index < -0.39 is 0 Å². The van der Waals surface area contributed by atoms with E-state index in [4.69, 9.17) is 0 Å². The lowest BCUT2D eigenvalue weighted by atomic mass is 9.94. The second-order valence-corrected chi connectivity index (χ2v) is 7.92. The summed E-state index contributed by atoms with van der Waals surface area (Å²) in [7, 11) is 0. The van der Waals surface area contributed by atoms with Crippen LogP contribution in [0.15, 0.2) is 24.3 Å². The zero-order chi connectivity index (χ0) is 19.4. The summed E-state index contributed by atoms with van der Waals surface area (Å²) in [6.45, 7) is 6.08. The van der Waals surface area contributed by atoms with Gasteiger partial charge in [-0.3, -0.25) is 20.0 Å². The molecule has 144 valence electrons. The molecule has 1 fully saturated rings. The molecular weight excluding hydrogens is 340 g/mol. The molecule has 2 atom stereocenters. The quantitative estimate of drug-likeness (QED) is 0.781. The van der Waals surface area contributed by atoms with Crippen LogP contribution >= 0.6 is 0 Å². The lowest BCUT2D eigenvalue weighted by Crippen LogP contribution is -2.19. The third kappa shape index (κ3) is 5.02. The van der Waals surface area contributed by atoms with E-state index in [0.717, 1.165) is 49.1 Å². The molecule has 1 aliphatic carbocycles. The zero-order valence-corrected chi connectivity index (χ0v) is 16.3. The standard InChI is InChI=1S/C21H28N4O2/c1-13(2)11-19-22-21(25-24-19)23-20(27)14(3)16-9-7-15(8-10-16)12-17-5-4-6-18(17)26/h7-10,13-14,17H,4-6,11-12H2,1-3H3,(H2,22,23,24,25,27)/t14-,17+/m1/s1. The van der Waals surface area contributed by atoms with Crippen molar-refractivity contribution in [2.45, 2.75) is 58.8 Å². The van der Waals surface area contributed by atoms with E-state index in [-0.39, 0.29) is 17.7 Å². The highest BCUT2D eigenvalue weighted by molar-refractivity contribution is 5.94. The van der Waals surface area contributed by atoms with Gasteiger partial charge in [-0.05, 0) is 43.2 Å². The summed E-state index contributed by atoms with van der Waals surface area (Å²) in [5.41, 5.74) is 2.09. The minimum Gasteiger partial charge on any atom is -0.299 e. The molecule has 0 saturated heterocycles. The van der Waals surface area contributed by atoms with Gasteiger partial charge in [0.15, 0.2) is 0 Å². The summed E-state index contributed by atoms with van der Waals surface area (Å²) in [4.78, 5) is 28.6. The lowest BCUT2D eigenvalue weighted by molar-refractivity contribution is -0.120. The summed E-state index contributed by atoms with van der Waals surface area (Å²) >= 11 is 0. The van der Waals surface area contributed by atoms with E-state index in [9.17, 15) is 9.59 Å². The van der Waals surface area contributed by atoms with Crippen LogP contribution in [-0.4, -0.2) is 26.9 Å². The van der Waals surface area contributed by atoms with E-state index in [0.29, 0.717) is 17.6 Å². The lowest BCUT2D eigenvalue weighted by Gasteiger charge is -2.13. The van der Waals surface area contributed by atoms with Gasteiger partial charge in [-0.25, -0.2) is 0 Å². The van der Waals surface area contributed by atoms with Crippen molar-refractivity contribution in [3.8, 4) is 0 Å². The number of nitrogens with one attached hydrogen (secondary N) is 2. The number of ketones is 1. The molecule has 1 heterocycles. The molecule has 2 N–H and O–H groups in total. The molecule has 0 spiro atoms. The van der Waals surface area contributed by atoms with Crippen LogP contribution in [-0.2, 0) is 22.4 Å².